The molecule has 0 unspecified atom stereocenters. The maximum Gasteiger partial charge on any atom is 0.496 e. The molecule has 41 heteroatoms. The van der Waals surface area contributed by atoms with E-state index in [1.807, 2.05) is 169 Å². The molecule has 0 saturated carbocycles. The second-order valence-electron chi connectivity index (χ2n) is 29.3. The molecule has 0 atom stereocenters. The lowest BCUT2D eigenvalue weighted by molar-refractivity contribution is 0.00578. The van der Waals surface area contributed by atoms with Crippen molar-refractivity contribution in [3.05, 3.63) is 220 Å². The molecule has 6 aliphatic rings. The molecule has 0 aromatic carbocycles. The normalized spacial score (nSPS) is 13.5. The van der Waals surface area contributed by atoms with Crippen molar-refractivity contribution in [2.24, 2.45) is 0 Å². The lowest BCUT2D eigenvalue weighted by atomic mass is 9.80. The molecule has 12 aromatic heterocycles. The number of aliphatic hydroxyl groups excluding tert-OH is 3. The van der Waals surface area contributed by atoms with E-state index in [9.17, 15) is 0 Å². The van der Waals surface area contributed by atoms with E-state index in [2.05, 4.69) is 155 Å². The number of anilines is 3. The summed E-state index contributed by atoms with van der Waals surface area (Å²) in [7, 11) is -0.363. The van der Waals surface area contributed by atoms with Crippen LogP contribution in [-0.2, 0) is 9.31 Å². The van der Waals surface area contributed by atoms with Gasteiger partial charge in [-0.1, -0.05) is 22.0 Å². The molecular weight excluding hydrogens is 2100 g/mol. The molecule has 34 nitrogen and oxygen atoms in total. The number of pyridine rings is 12. The van der Waals surface area contributed by atoms with Crippen molar-refractivity contribution in [1.82, 2.24) is 59.8 Å². The average molecular weight is 2200 g/mol. The third-order valence-corrected chi connectivity index (χ3v) is 22.1. The van der Waals surface area contributed by atoms with Crippen LogP contribution in [0.2, 0.25) is 0 Å². The highest BCUT2D eigenvalue weighted by atomic mass is 79.9. The third kappa shape index (κ3) is 34.3. The molecule has 1 saturated heterocycles. The molecule has 18 heterocycles. The third-order valence-electron chi connectivity index (χ3n) is 18.4. The summed E-state index contributed by atoms with van der Waals surface area (Å²) < 4.78 is 79.7. The minimum atomic E-state index is -0.363. The number of halogens is 6. The number of nitrogens with zero attached hydrogens (tertiary/aromatic N) is 12. The lowest BCUT2D eigenvalue weighted by Gasteiger charge is -2.32. The van der Waals surface area contributed by atoms with Gasteiger partial charge in [0.2, 0.25) is 0 Å². The zero-order chi connectivity index (χ0) is 96.0. The van der Waals surface area contributed by atoms with E-state index in [4.69, 9.17) is 109 Å². The summed E-state index contributed by atoms with van der Waals surface area (Å²) in [5, 5.41) is 43.2. The summed E-state index contributed by atoms with van der Waals surface area (Å²) in [4.78, 5) is 49.7. The first kappa shape index (κ1) is 106. The van der Waals surface area contributed by atoms with Crippen LogP contribution in [0.4, 0.5) is 17.5 Å². The molecule has 0 bridgehead atoms. The number of aryl methyl sites for hydroxylation is 9. The van der Waals surface area contributed by atoms with Gasteiger partial charge in [0.05, 0.1) is 48.6 Å². The van der Waals surface area contributed by atoms with E-state index in [1.54, 1.807) is 61.1 Å². The Kier molecular flexibility index (Phi) is 43.4. The molecule has 18 rings (SSSR count). The van der Waals surface area contributed by atoms with Gasteiger partial charge in [-0.25, -0.2) is 54.8 Å². The molecule has 1 fully saturated rings. The monoisotopic (exact) mass is 2200 g/mol. The Morgan fingerprint density at radius 3 is 1.04 bits per heavy atom. The fraction of sp³-hybridized carbons (Fsp3) is 0.341. The SMILES string of the molecule is CC1(C)OB(c2ccc(N)nc2)OC1(C)C.Cc1ccc(O)c(Br)n1.Cc1ccc(O)cn1.Cc1ccc(OCCO)c(Br)n1.Cc1ccc(OCCO)c(Br)n1.Cc1ccc2c(n1)OCCO2.Cc1nc2c(cc1-c1ccc(N)nc1)OCCO2.Cc1nc2c(cc1-c1ccc(N)nc1)OCCO2.Cc1nc2c(cc1Br)OCCO2.Cc1nc2c(cc1Br)OCCO2.OCCBr. The summed E-state index contributed by atoms with van der Waals surface area (Å²) in [5.74, 6) is 9.72. The molecule has 0 aliphatic carbocycles. The first-order valence-corrected chi connectivity index (χ1v) is 46.1. The van der Waals surface area contributed by atoms with Gasteiger partial charge in [-0.15, -0.1) is 0 Å². The van der Waals surface area contributed by atoms with Gasteiger partial charge in [-0.3, -0.25) is 4.98 Å². The van der Waals surface area contributed by atoms with Crippen molar-refractivity contribution in [1.29, 1.82) is 0 Å². The van der Waals surface area contributed by atoms with E-state index < -0.39 is 0 Å². The van der Waals surface area contributed by atoms with E-state index in [1.165, 1.54) is 6.20 Å². The minimum Gasteiger partial charge on any atom is -0.506 e. The number of nitrogens with two attached hydrogens (primary N) is 3. The van der Waals surface area contributed by atoms with Crippen LogP contribution < -0.4 is 79.5 Å². The molecule has 11 N–H and O–H groups in total. The van der Waals surface area contributed by atoms with Crippen LogP contribution in [0.5, 0.6) is 81.1 Å². The molecule has 6 aliphatic heterocycles. The molecule has 0 spiro atoms. The summed E-state index contributed by atoms with van der Waals surface area (Å²) in [5.41, 5.74) is 29.1. The average Bonchev–Trinajstić information content (AvgIpc) is 1.46. The molecular formula is C91H106BBr6N15O19. The standard InChI is InChI=1S/2C13H13N3O2.C11H17BN2O2.2C8H8BrNO2.2C8H10BrNO2.C8H9NO2.C6H6BrNO.C6H7NO.C2H5BrO/c2*1-8-10(9-2-3-12(14)15-7-9)6-11-13(16-8)18-5-4-17-11;1-10(2)11(3,4)16-12(15-10)8-5-6-9(13)14-7-8;2*1-5-6(9)4-7-8(10-5)12-3-2-11-7;2*1-6-2-3-7(8(9)10-6)12-5-4-11;1-6-2-3-7-8(9-6)11-5-4-10-7;1-4-2-3-5(9)6(7)8-4;1-5-2-3-6(8)4-7-5;3-1-2-4/h2*2-3,6-7H,4-5H2,1H3,(H2,14,15);5-7H,1-4H3,(H2,13,14);2*4H,2-3H2,1H3;2*2-3,11H,4-5H2,1H3;2-3H,4-5H2,1H3;2-3,9H,1H3;2-4,8H,1H3;4H,1-2H2. The van der Waals surface area contributed by atoms with Gasteiger partial charge in [0, 0.05) is 113 Å². The van der Waals surface area contributed by atoms with E-state index in [-0.39, 0.29) is 49.6 Å². The van der Waals surface area contributed by atoms with Gasteiger partial charge >= 0.3 is 7.12 Å². The van der Waals surface area contributed by atoms with Crippen molar-refractivity contribution < 1.29 is 91.7 Å². The number of fused-ring (bicyclic) bond motifs is 5. The first-order valence-electron chi connectivity index (χ1n) is 41.1. The summed E-state index contributed by atoms with van der Waals surface area (Å²) in [6.45, 7) is 31.9. The second kappa shape index (κ2) is 53.7. The Balaban J connectivity index is 0.000000181. The van der Waals surface area contributed by atoms with Crippen molar-refractivity contribution in [2.75, 3.05) is 122 Å². The smallest absolute Gasteiger partial charge is 0.496 e. The zero-order valence-electron chi connectivity index (χ0n) is 75.1. The summed E-state index contributed by atoms with van der Waals surface area (Å²) in [6, 6.07) is 36.5. The molecule has 0 radical (unpaired) electrons. The minimum absolute atomic E-state index is 0.0142. The molecule has 132 heavy (non-hydrogen) atoms. The van der Waals surface area contributed by atoms with Crippen molar-refractivity contribution in [3.63, 3.8) is 0 Å². The van der Waals surface area contributed by atoms with Crippen molar-refractivity contribution >= 4 is 126 Å². The highest BCUT2D eigenvalue weighted by Crippen LogP contribution is 2.40. The van der Waals surface area contributed by atoms with Gasteiger partial charge in [0.25, 0.3) is 29.4 Å². The second-order valence-corrected chi connectivity index (χ2v) is 34.1. The quantitative estimate of drug-likeness (QED) is 0.0358. The van der Waals surface area contributed by atoms with Crippen LogP contribution in [0.15, 0.2) is 169 Å². The number of rotatable bonds is 10. The Bertz CT molecular complexity index is 5320. The number of aliphatic hydroxyl groups is 3. The van der Waals surface area contributed by atoms with Gasteiger partial charge in [0.1, 0.15) is 122 Å². The van der Waals surface area contributed by atoms with Crippen LogP contribution in [0, 0.1) is 62.3 Å². The Labute approximate surface area is 817 Å². The number of nitrogen functional groups attached to an aromatic ring is 3. The largest absolute Gasteiger partial charge is 0.506 e. The molecule has 12 aromatic rings. The number of ether oxygens (including phenoxy) is 12. The van der Waals surface area contributed by atoms with Crippen LogP contribution in [0.1, 0.15) is 78.9 Å². The number of aromatic nitrogens is 12. The Morgan fingerprint density at radius 1 is 0.356 bits per heavy atom. The predicted molar refractivity (Wildman–Crippen MR) is 523 cm³/mol. The maximum absolute atomic E-state index is 8.93. The summed E-state index contributed by atoms with van der Waals surface area (Å²) >= 11 is 19.4. The number of aromatic hydroxyl groups is 2. The van der Waals surface area contributed by atoms with Crippen LogP contribution >= 0.6 is 95.6 Å². The summed E-state index contributed by atoms with van der Waals surface area (Å²) in [6.07, 6.45) is 6.58. The first-order chi connectivity index (χ1) is 63.1. The van der Waals surface area contributed by atoms with E-state index in [0.29, 0.717) is 168 Å². The fourth-order valence-electron chi connectivity index (χ4n) is 11.0. The van der Waals surface area contributed by atoms with Gasteiger partial charge in [0.15, 0.2) is 40.2 Å². The number of hydrogen-bond acceptors (Lipinski definition) is 34. The topological polar surface area (TPSA) is 463 Å². The van der Waals surface area contributed by atoms with Gasteiger partial charge in [-0.2, -0.15) is 0 Å². The van der Waals surface area contributed by atoms with E-state index in [0.717, 1.165) is 105 Å². The van der Waals surface area contributed by atoms with Crippen LogP contribution in [0.25, 0.3) is 22.3 Å². The zero-order valence-corrected chi connectivity index (χ0v) is 84.6. The highest BCUT2D eigenvalue weighted by Gasteiger charge is 2.52. The van der Waals surface area contributed by atoms with Crippen LogP contribution in [-0.4, -0.2) is 208 Å². The predicted octanol–water partition coefficient (Wildman–Crippen LogP) is 16.0. The Hall–Kier alpha value is -10.9. The van der Waals surface area contributed by atoms with Crippen LogP contribution in [0.3, 0.4) is 0 Å². The number of hydrogen-bond donors (Lipinski definition) is 8. The molecule has 704 valence electrons. The fourth-order valence-corrected chi connectivity index (χ4v) is 13.1. The van der Waals surface area contributed by atoms with Crippen molar-refractivity contribution in [3.8, 4) is 103 Å². The van der Waals surface area contributed by atoms with Gasteiger partial charge in [-0.05, 0) is 273 Å². The number of alkyl halides is 1. The highest BCUT2D eigenvalue weighted by molar-refractivity contribution is 9.11. The maximum atomic E-state index is 8.93. The van der Waals surface area contributed by atoms with Gasteiger partial charge < -0.3 is 109 Å². The van der Waals surface area contributed by atoms with Crippen molar-refractivity contribution in [2.45, 2.75) is 101 Å². The van der Waals surface area contributed by atoms with E-state index >= 15 is 0 Å². The Morgan fingerprint density at radius 2 is 0.697 bits per heavy atom. The molecule has 0 amide bonds. The lowest BCUT2D eigenvalue weighted by Crippen LogP contribution is -2.41.